The van der Waals surface area contributed by atoms with E-state index in [1.54, 1.807) is 0 Å². The monoisotopic (exact) mass is 286 g/mol. The van der Waals surface area contributed by atoms with Crippen molar-refractivity contribution in [2.75, 3.05) is 0 Å². The quantitative estimate of drug-likeness (QED) is 0.835. The molecule has 1 aromatic rings. The van der Waals surface area contributed by atoms with Gasteiger partial charge in [0.1, 0.15) is 5.75 Å². The normalized spacial score (nSPS) is 13.4. The van der Waals surface area contributed by atoms with Gasteiger partial charge in [-0.15, -0.1) is 13.2 Å². The molecule has 0 aliphatic carbocycles. The SMILES string of the molecule is O=C(O)C(O)c1ccc(C(F)F)c(OC(F)(F)F)c1. The molecule has 2 N–H and O–H groups in total. The molecule has 0 aliphatic rings. The van der Waals surface area contributed by atoms with E-state index < -0.39 is 41.7 Å². The maximum Gasteiger partial charge on any atom is 0.573 e. The van der Waals surface area contributed by atoms with Gasteiger partial charge < -0.3 is 14.9 Å². The summed E-state index contributed by atoms with van der Waals surface area (Å²) >= 11 is 0. The van der Waals surface area contributed by atoms with Crippen molar-refractivity contribution in [2.45, 2.75) is 18.9 Å². The van der Waals surface area contributed by atoms with Crippen LogP contribution in [0.2, 0.25) is 0 Å². The number of aliphatic carboxylic acids is 1. The van der Waals surface area contributed by atoms with Crippen molar-refractivity contribution in [2.24, 2.45) is 0 Å². The molecule has 9 heteroatoms. The first-order valence-electron chi connectivity index (χ1n) is 4.70. The van der Waals surface area contributed by atoms with E-state index in [4.69, 9.17) is 10.2 Å². The number of halogens is 5. The fraction of sp³-hybridized carbons (Fsp3) is 0.300. The number of ether oxygens (including phenoxy) is 1. The first-order chi connectivity index (χ1) is 8.61. The lowest BCUT2D eigenvalue weighted by Crippen LogP contribution is -2.19. The summed E-state index contributed by atoms with van der Waals surface area (Å²) < 4.78 is 64.4. The van der Waals surface area contributed by atoms with Crippen molar-refractivity contribution in [3.63, 3.8) is 0 Å². The number of rotatable bonds is 4. The minimum atomic E-state index is -5.21. The molecule has 0 heterocycles. The van der Waals surface area contributed by atoms with Gasteiger partial charge in [-0.1, -0.05) is 6.07 Å². The average Bonchev–Trinajstić information content (AvgIpc) is 2.25. The van der Waals surface area contributed by atoms with Crippen LogP contribution in [0.5, 0.6) is 5.75 Å². The van der Waals surface area contributed by atoms with E-state index in [2.05, 4.69) is 4.74 Å². The standard InChI is InChI=1S/C10H7F5O4/c11-8(12)5-2-1-4(7(16)9(17)18)3-6(5)19-10(13,14)15/h1-3,7-8,16H,(H,17,18). The van der Waals surface area contributed by atoms with Gasteiger partial charge in [-0.3, -0.25) is 0 Å². The predicted molar refractivity (Wildman–Crippen MR) is 50.7 cm³/mol. The predicted octanol–water partition coefficient (Wildman–Crippen LogP) is 2.64. The molecule has 106 valence electrons. The Kier molecular flexibility index (Phi) is 4.30. The molecule has 0 fully saturated rings. The number of hydrogen-bond donors (Lipinski definition) is 2. The first-order valence-corrected chi connectivity index (χ1v) is 4.70. The molecule has 0 bridgehead atoms. The van der Waals surface area contributed by atoms with E-state index >= 15 is 0 Å². The Bertz CT molecular complexity index is 471. The molecular weight excluding hydrogens is 279 g/mol. The highest BCUT2D eigenvalue weighted by atomic mass is 19.4. The molecule has 0 spiro atoms. The van der Waals surface area contributed by atoms with Crippen LogP contribution in [0.3, 0.4) is 0 Å². The van der Waals surface area contributed by atoms with Crippen LogP contribution >= 0.6 is 0 Å². The smallest absolute Gasteiger partial charge is 0.479 e. The molecular formula is C10H7F5O4. The molecule has 1 aromatic carbocycles. The van der Waals surface area contributed by atoms with E-state index in [1.165, 1.54) is 0 Å². The van der Waals surface area contributed by atoms with Gasteiger partial charge in [0.25, 0.3) is 6.43 Å². The van der Waals surface area contributed by atoms with E-state index in [0.717, 1.165) is 6.07 Å². The van der Waals surface area contributed by atoms with Crippen LogP contribution < -0.4 is 4.74 Å². The zero-order valence-electron chi connectivity index (χ0n) is 8.99. The van der Waals surface area contributed by atoms with Gasteiger partial charge >= 0.3 is 12.3 Å². The summed E-state index contributed by atoms with van der Waals surface area (Å²) in [4.78, 5) is 10.5. The molecule has 1 rings (SSSR count). The summed E-state index contributed by atoms with van der Waals surface area (Å²) in [6.07, 6.45) is -10.6. The number of benzene rings is 1. The molecule has 4 nitrogen and oxygen atoms in total. The molecule has 0 saturated carbocycles. The fourth-order valence-corrected chi connectivity index (χ4v) is 1.26. The molecule has 0 aromatic heterocycles. The highest BCUT2D eigenvalue weighted by molar-refractivity contribution is 5.74. The Labute approximate surface area is 103 Å². The second-order valence-electron chi connectivity index (χ2n) is 3.39. The summed E-state index contributed by atoms with van der Waals surface area (Å²) in [7, 11) is 0. The topological polar surface area (TPSA) is 66.8 Å². The van der Waals surface area contributed by atoms with Gasteiger partial charge in [-0.25, -0.2) is 13.6 Å². The minimum Gasteiger partial charge on any atom is -0.479 e. The lowest BCUT2D eigenvalue weighted by Gasteiger charge is -2.15. The molecule has 1 unspecified atom stereocenters. The molecule has 0 saturated heterocycles. The van der Waals surface area contributed by atoms with Crippen LogP contribution in [0.4, 0.5) is 22.0 Å². The third-order valence-corrected chi connectivity index (χ3v) is 2.05. The van der Waals surface area contributed by atoms with Crippen LogP contribution in [0.25, 0.3) is 0 Å². The zero-order valence-corrected chi connectivity index (χ0v) is 8.99. The van der Waals surface area contributed by atoms with E-state index in [0.29, 0.717) is 12.1 Å². The fourth-order valence-electron chi connectivity index (χ4n) is 1.26. The van der Waals surface area contributed by atoms with Crippen molar-refractivity contribution < 1.29 is 41.7 Å². The van der Waals surface area contributed by atoms with Gasteiger partial charge in [-0.05, 0) is 17.7 Å². The largest absolute Gasteiger partial charge is 0.573 e. The summed E-state index contributed by atoms with van der Waals surface area (Å²) in [5.41, 5.74) is -1.56. The van der Waals surface area contributed by atoms with Gasteiger partial charge in [-0.2, -0.15) is 0 Å². The van der Waals surface area contributed by atoms with Crippen molar-refractivity contribution in [1.29, 1.82) is 0 Å². The number of alkyl halides is 5. The van der Waals surface area contributed by atoms with E-state index in [1.807, 2.05) is 0 Å². The van der Waals surface area contributed by atoms with Crippen LogP contribution in [0, 0.1) is 0 Å². The second-order valence-corrected chi connectivity index (χ2v) is 3.39. The van der Waals surface area contributed by atoms with Crippen LogP contribution in [0.1, 0.15) is 23.7 Å². The second kappa shape index (κ2) is 5.39. The number of aliphatic hydroxyl groups is 1. The van der Waals surface area contributed by atoms with Crippen LogP contribution in [0.15, 0.2) is 18.2 Å². The molecule has 0 aliphatic heterocycles. The molecule has 19 heavy (non-hydrogen) atoms. The Morgan fingerprint density at radius 1 is 1.26 bits per heavy atom. The number of aliphatic hydroxyl groups excluding tert-OH is 1. The van der Waals surface area contributed by atoms with E-state index in [-0.39, 0.29) is 0 Å². The number of carbonyl (C=O) groups is 1. The van der Waals surface area contributed by atoms with Crippen molar-refractivity contribution in [3.8, 4) is 5.75 Å². The van der Waals surface area contributed by atoms with Crippen LogP contribution in [-0.2, 0) is 4.79 Å². The van der Waals surface area contributed by atoms with Gasteiger partial charge in [0.05, 0.1) is 5.56 Å². The molecule has 0 amide bonds. The highest BCUT2D eigenvalue weighted by Gasteiger charge is 2.34. The average molecular weight is 286 g/mol. The summed E-state index contributed by atoms with van der Waals surface area (Å²) in [6.45, 7) is 0. The Hall–Kier alpha value is -1.90. The van der Waals surface area contributed by atoms with E-state index in [9.17, 15) is 26.7 Å². The van der Waals surface area contributed by atoms with Crippen molar-refractivity contribution in [3.05, 3.63) is 29.3 Å². The Balaban J connectivity index is 3.22. The lowest BCUT2D eigenvalue weighted by molar-refractivity contribution is -0.275. The van der Waals surface area contributed by atoms with Gasteiger partial charge in [0.15, 0.2) is 6.10 Å². The van der Waals surface area contributed by atoms with Crippen molar-refractivity contribution >= 4 is 5.97 Å². The number of hydrogen-bond acceptors (Lipinski definition) is 3. The Morgan fingerprint density at radius 3 is 2.26 bits per heavy atom. The van der Waals surface area contributed by atoms with Crippen LogP contribution in [-0.4, -0.2) is 22.5 Å². The Morgan fingerprint density at radius 2 is 1.84 bits per heavy atom. The molecule has 0 radical (unpaired) electrons. The van der Waals surface area contributed by atoms with Gasteiger partial charge in [0.2, 0.25) is 0 Å². The number of carboxylic acids is 1. The summed E-state index contributed by atoms with van der Waals surface area (Å²) in [5, 5.41) is 17.6. The highest BCUT2D eigenvalue weighted by Crippen LogP contribution is 2.34. The van der Waals surface area contributed by atoms with Gasteiger partial charge in [0, 0.05) is 0 Å². The third-order valence-electron chi connectivity index (χ3n) is 2.05. The minimum absolute atomic E-state index is 0.410. The lowest BCUT2D eigenvalue weighted by atomic mass is 10.1. The summed E-state index contributed by atoms with van der Waals surface area (Å²) in [6, 6.07) is 1.75. The first kappa shape index (κ1) is 15.2. The van der Waals surface area contributed by atoms with Crippen molar-refractivity contribution in [1.82, 2.24) is 0 Å². The third kappa shape index (κ3) is 4.05. The summed E-state index contributed by atoms with van der Waals surface area (Å²) in [5.74, 6) is -2.98. The maximum atomic E-state index is 12.5. The maximum absolute atomic E-state index is 12.5. The number of carboxylic acid groups (broad SMARTS) is 1. The molecule has 1 atom stereocenters. The zero-order chi connectivity index (χ0) is 14.8.